The van der Waals surface area contributed by atoms with Gasteiger partial charge in [-0.15, -0.1) is 0 Å². The van der Waals surface area contributed by atoms with Crippen LogP contribution in [0.15, 0.2) is 12.4 Å². The number of rotatable bonds is 5. The third kappa shape index (κ3) is 4.56. The third-order valence-corrected chi connectivity index (χ3v) is 3.68. The molecule has 1 aliphatic rings. The predicted octanol–water partition coefficient (Wildman–Crippen LogP) is 1.03. The zero-order valence-corrected chi connectivity index (χ0v) is 13.2. The van der Waals surface area contributed by atoms with Crippen molar-refractivity contribution < 1.29 is 14.3 Å². The van der Waals surface area contributed by atoms with Crippen LogP contribution in [0, 0.1) is 5.92 Å². The van der Waals surface area contributed by atoms with Crippen LogP contribution in [-0.2, 0) is 14.3 Å². The van der Waals surface area contributed by atoms with Crippen LogP contribution in [0.5, 0.6) is 0 Å². The minimum absolute atomic E-state index is 0.0767. The van der Waals surface area contributed by atoms with E-state index in [1.165, 1.54) is 6.20 Å². The number of esters is 1. The summed E-state index contributed by atoms with van der Waals surface area (Å²) in [6, 6.07) is 0. The van der Waals surface area contributed by atoms with Crippen LogP contribution in [0.3, 0.4) is 0 Å². The number of nitrogens with one attached hydrogen (secondary N) is 1. The lowest BCUT2D eigenvalue weighted by Gasteiger charge is -2.31. The molecule has 2 rings (SSSR count). The largest absolute Gasteiger partial charge is 0.465 e. The molecule has 0 atom stereocenters. The number of piperidine rings is 1. The van der Waals surface area contributed by atoms with Gasteiger partial charge in [0, 0.05) is 19.0 Å². The molecule has 1 fully saturated rings. The zero-order chi connectivity index (χ0) is 15.9. The molecular weight excluding hydrogens is 308 g/mol. The number of ether oxygens (including phenoxy) is 1. The summed E-state index contributed by atoms with van der Waals surface area (Å²) in [6.07, 6.45) is 4.54. The van der Waals surface area contributed by atoms with Crippen LogP contribution >= 0.6 is 11.6 Å². The van der Waals surface area contributed by atoms with Crippen molar-refractivity contribution in [2.45, 2.75) is 19.8 Å². The van der Waals surface area contributed by atoms with Crippen molar-refractivity contribution in [1.29, 1.82) is 0 Å². The van der Waals surface area contributed by atoms with Crippen molar-refractivity contribution in [3.63, 3.8) is 0 Å². The molecule has 0 unspecified atom stereocenters. The molecule has 0 saturated carbocycles. The summed E-state index contributed by atoms with van der Waals surface area (Å²) in [5, 5.41) is 2.97. The lowest BCUT2D eigenvalue weighted by atomic mass is 9.96. The first-order valence-corrected chi connectivity index (χ1v) is 7.63. The fourth-order valence-corrected chi connectivity index (χ4v) is 2.51. The average Bonchev–Trinajstić information content (AvgIpc) is 2.53. The molecule has 1 amide bonds. The Hall–Kier alpha value is -1.89. The van der Waals surface area contributed by atoms with E-state index in [1.54, 1.807) is 13.1 Å². The van der Waals surface area contributed by atoms with E-state index in [-0.39, 0.29) is 18.4 Å². The molecule has 8 heteroatoms. The zero-order valence-electron chi connectivity index (χ0n) is 12.4. The summed E-state index contributed by atoms with van der Waals surface area (Å²) < 4.78 is 4.78. The van der Waals surface area contributed by atoms with Gasteiger partial charge in [-0.25, -0.2) is 4.98 Å². The minimum Gasteiger partial charge on any atom is -0.465 e. The van der Waals surface area contributed by atoms with Crippen molar-refractivity contribution in [3.05, 3.63) is 17.5 Å². The molecule has 0 bridgehead atoms. The van der Waals surface area contributed by atoms with Gasteiger partial charge < -0.3 is 15.0 Å². The van der Waals surface area contributed by atoms with E-state index in [0.717, 1.165) is 5.82 Å². The normalized spacial score (nSPS) is 15.5. The van der Waals surface area contributed by atoms with Crippen LogP contribution in [0.1, 0.15) is 19.8 Å². The predicted molar refractivity (Wildman–Crippen MR) is 81.6 cm³/mol. The number of nitrogens with zero attached hydrogens (tertiary/aromatic N) is 3. The summed E-state index contributed by atoms with van der Waals surface area (Å²) in [5.41, 5.74) is 0. The van der Waals surface area contributed by atoms with Gasteiger partial charge in [-0.3, -0.25) is 14.6 Å². The van der Waals surface area contributed by atoms with Crippen LogP contribution in [0.25, 0.3) is 0 Å². The number of hydrogen-bond donors (Lipinski definition) is 1. The number of aromatic nitrogens is 2. The number of anilines is 1. The number of carbonyl (C=O) groups excluding carboxylic acids is 2. The van der Waals surface area contributed by atoms with Crippen LogP contribution in [-0.4, -0.2) is 48.1 Å². The van der Waals surface area contributed by atoms with Gasteiger partial charge in [-0.05, 0) is 19.8 Å². The molecule has 2 heterocycles. The first kappa shape index (κ1) is 16.5. The summed E-state index contributed by atoms with van der Waals surface area (Å²) in [6.45, 7) is 3.37. The van der Waals surface area contributed by atoms with Gasteiger partial charge in [0.1, 0.15) is 17.5 Å². The van der Waals surface area contributed by atoms with Crippen LogP contribution in [0.2, 0.25) is 5.15 Å². The highest BCUT2D eigenvalue weighted by Crippen LogP contribution is 2.22. The molecule has 120 valence electrons. The molecule has 0 radical (unpaired) electrons. The van der Waals surface area contributed by atoms with Crippen LogP contribution < -0.4 is 10.2 Å². The quantitative estimate of drug-likeness (QED) is 0.813. The molecule has 1 aromatic rings. The van der Waals surface area contributed by atoms with Crippen molar-refractivity contribution in [3.8, 4) is 0 Å². The van der Waals surface area contributed by atoms with Crippen molar-refractivity contribution >= 4 is 29.3 Å². The SMILES string of the molecule is CCOC(=O)CNC(=O)C1CCN(c2cncc(Cl)n2)CC1. The van der Waals surface area contributed by atoms with Crippen molar-refractivity contribution in [2.24, 2.45) is 5.92 Å². The lowest BCUT2D eigenvalue weighted by molar-refractivity contribution is -0.143. The third-order valence-electron chi connectivity index (χ3n) is 3.49. The van der Waals surface area contributed by atoms with E-state index >= 15 is 0 Å². The first-order valence-electron chi connectivity index (χ1n) is 7.26. The average molecular weight is 327 g/mol. The van der Waals surface area contributed by atoms with Gasteiger partial charge in [-0.1, -0.05) is 11.6 Å². The van der Waals surface area contributed by atoms with E-state index in [0.29, 0.717) is 37.7 Å². The first-order chi connectivity index (χ1) is 10.6. The van der Waals surface area contributed by atoms with E-state index in [4.69, 9.17) is 16.3 Å². The van der Waals surface area contributed by atoms with Gasteiger partial charge in [-0.2, -0.15) is 0 Å². The second-order valence-electron chi connectivity index (χ2n) is 4.98. The molecule has 7 nitrogen and oxygen atoms in total. The lowest BCUT2D eigenvalue weighted by Crippen LogP contribution is -2.42. The molecule has 1 N–H and O–H groups in total. The van der Waals surface area contributed by atoms with Crippen LogP contribution in [0.4, 0.5) is 5.82 Å². The van der Waals surface area contributed by atoms with Gasteiger partial charge in [0.15, 0.2) is 0 Å². The van der Waals surface area contributed by atoms with Crippen molar-refractivity contribution in [2.75, 3.05) is 31.1 Å². The Morgan fingerprint density at radius 1 is 1.41 bits per heavy atom. The van der Waals surface area contributed by atoms with E-state index < -0.39 is 5.97 Å². The molecule has 22 heavy (non-hydrogen) atoms. The molecule has 0 spiro atoms. The number of halogens is 1. The molecule has 1 saturated heterocycles. The Balaban J connectivity index is 1.79. The maximum Gasteiger partial charge on any atom is 0.325 e. The highest BCUT2D eigenvalue weighted by atomic mass is 35.5. The highest BCUT2D eigenvalue weighted by Gasteiger charge is 2.26. The minimum atomic E-state index is -0.414. The Kier molecular flexibility index (Phi) is 5.94. The van der Waals surface area contributed by atoms with Gasteiger partial charge in [0.05, 0.1) is 19.0 Å². The monoisotopic (exact) mass is 326 g/mol. The fraction of sp³-hybridized carbons (Fsp3) is 0.571. The van der Waals surface area contributed by atoms with E-state index in [2.05, 4.69) is 15.3 Å². The fourth-order valence-electron chi connectivity index (χ4n) is 2.37. The second-order valence-corrected chi connectivity index (χ2v) is 5.37. The van der Waals surface area contributed by atoms with Crippen molar-refractivity contribution in [1.82, 2.24) is 15.3 Å². The molecule has 1 aromatic heterocycles. The highest BCUT2D eigenvalue weighted by molar-refractivity contribution is 6.29. The van der Waals surface area contributed by atoms with E-state index in [1.807, 2.05) is 4.90 Å². The maximum absolute atomic E-state index is 12.0. The Labute approximate surface area is 134 Å². The van der Waals surface area contributed by atoms with Gasteiger partial charge in [0.2, 0.25) is 5.91 Å². The summed E-state index contributed by atoms with van der Waals surface area (Å²) >= 11 is 5.83. The molecule has 0 aliphatic carbocycles. The number of amides is 1. The second kappa shape index (κ2) is 7.93. The molecule has 0 aromatic carbocycles. The number of carbonyl (C=O) groups is 2. The van der Waals surface area contributed by atoms with E-state index in [9.17, 15) is 9.59 Å². The Morgan fingerprint density at radius 3 is 2.77 bits per heavy atom. The van der Waals surface area contributed by atoms with Gasteiger partial charge in [0.25, 0.3) is 0 Å². The Bertz CT molecular complexity index is 533. The molecule has 1 aliphatic heterocycles. The van der Waals surface area contributed by atoms with Gasteiger partial charge >= 0.3 is 5.97 Å². The summed E-state index contributed by atoms with van der Waals surface area (Å²) in [7, 11) is 0. The number of hydrogen-bond acceptors (Lipinski definition) is 6. The summed E-state index contributed by atoms with van der Waals surface area (Å²) in [5.74, 6) is 0.100. The summed E-state index contributed by atoms with van der Waals surface area (Å²) in [4.78, 5) is 33.5. The topological polar surface area (TPSA) is 84.4 Å². The maximum atomic E-state index is 12.0. The smallest absolute Gasteiger partial charge is 0.325 e. The Morgan fingerprint density at radius 2 is 2.14 bits per heavy atom. The molecular formula is C14H19ClN4O3. The standard InChI is InChI=1S/C14H19ClN4O3/c1-2-22-13(20)9-17-14(21)10-3-5-19(6-4-10)12-8-16-7-11(15)18-12/h7-8,10H,2-6,9H2,1H3,(H,17,21).